The van der Waals surface area contributed by atoms with Gasteiger partial charge in [-0.05, 0) is 45.0 Å². The van der Waals surface area contributed by atoms with Gasteiger partial charge in [0.2, 0.25) is 0 Å². The zero-order valence-electron chi connectivity index (χ0n) is 10.9. The number of furan rings is 1. The molecule has 18 heavy (non-hydrogen) atoms. The van der Waals surface area contributed by atoms with Gasteiger partial charge in [-0.3, -0.25) is 0 Å². The molecule has 0 bridgehead atoms. The van der Waals surface area contributed by atoms with Crippen molar-refractivity contribution in [1.29, 1.82) is 0 Å². The summed E-state index contributed by atoms with van der Waals surface area (Å²) in [7, 11) is 0. The van der Waals surface area contributed by atoms with Crippen molar-refractivity contribution >= 4 is 22.6 Å². The smallest absolute Gasteiger partial charge is 0.134 e. The summed E-state index contributed by atoms with van der Waals surface area (Å²) in [5, 5.41) is 1.65. The van der Waals surface area contributed by atoms with Gasteiger partial charge in [0, 0.05) is 10.4 Å². The van der Waals surface area contributed by atoms with Gasteiger partial charge in [-0.15, -0.1) is 0 Å². The van der Waals surface area contributed by atoms with Crippen molar-refractivity contribution < 1.29 is 9.15 Å². The molecule has 0 aliphatic heterocycles. The quantitative estimate of drug-likeness (QED) is 0.917. The Kier molecular flexibility index (Phi) is 3.66. The topological polar surface area (TPSA) is 48.4 Å². The van der Waals surface area contributed by atoms with Crippen LogP contribution in [0.2, 0.25) is 5.02 Å². The minimum Gasteiger partial charge on any atom is -0.459 e. The molecule has 1 aromatic heterocycles. The van der Waals surface area contributed by atoms with Crippen LogP contribution in [-0.2, 0) is 4.74 Å². The predicted octanol–water partition coefficient (Wildman–Crippen LogP) is 3.90. The minimum absolute atomic E-state index is 0.201. The van der Waals surface area contributed by atoms with Crippen LogP contribution in [0.4, 0.5) is 0 Å². The predicted molar refractivity (Wildman–Crippen MR) is 73.9 cm³/mol. The fraction of sp³-hybridized carbons (Fsp3) is 0.429. The largest absolute Gasteiger partial charge is 0.459 e. The Hall–Kier alpha value is -1.03. The molecule has 2 N–H and O–H groups in total. The Labute approximate surface area is 112 Å². The summed E-state index contributed by atoms with van der Waals surface area (Å²) >= 11 is 5.93. The van der Waals surface area contributed by atoms with Gasteiger partial charge in [-0.1, -0.05) is 11.6 Å². The van der Waals surface area contributed by atoms with Gasteiger partial charge >= 0.3 is 0 Å². The second kappa shape index (κ2) is 4.92. The van der Waals surface area contributed by atoms with E-state index in [0.717, 1.165) is 16.7 Å². The Bertz CT molecular complexity index is 542. The van der Waals surface area contributed by atoms with Crippen molar-refractivity contribution in [3.05, 3.63) is 35.0 Å². The lowest BCUT2D eigenvalue weighted by molar-refractivity contribution is -0.0122. The molecule has 0 amide bonds. The van der Waals surface area contributed by atoms with Crippen LogP contribution >= 0.6 is 11.6 Å². The molecule has 2 aromatic rings. The average Bonchev–Trinajstić information content (AvgIpc) is 2.67. The van der Waals surface area contributed by atoms with E-state index in [1.54, 1.807) is 6.07 Å². The third kappa shape index (κ3) is 3.25. The lowest BCUT2D eigenvalue weighted by atomic mass is 10.2. The standard InChI is InChI=1S/C14H18ClNO2/c1-14(2,3)17-8-11(16)13-7-9-6-10(15)4-5-12(9)18-13/h4-7,11H,8,16H2,1-3H3. The maximum atomic E-state index is 6.05. The fourth-order valence-corrected chi connectivity index (χ4v) is 1.82. The summed E-state index contributed by atoms with van der Waals surface area (Å²) < 4.78 is 11.3. The van der Waals surface area contributed by atoms with Gasteiger partial charge in [-0.25, -0.2) is 0 Å². The zero-order chi connectivity index (χ0) is 13.3. The molecule has 0 aliphatic carbocycles. The Balaban J connectivity index is 2.15. The van der Waals surface area contributed by atoms with E-state index in [0.29, 0.717) is 11.6 Å². The summed E-state index contributed by atoms with van der Waals surface area (Å²) in [6.07, 6.45) is 0. The third-order valence-electron chi connectivity index (χ3n) is 2.56. The number of benzene rings is 1. The van der Waals surface area contributed by atoms with Crippen LogP contribution in [0, 0.1) is 0 Å². The molecule has 2 rings (SSSR count). The van der Waals surface area contributed by atoms with Crippen LogP contribution in [0.1, 0.15) is 32.6 Å². The lowest BCUT2D eigenvalue weighted by Crippen LogP contribution is -2.26. The normalized spacial score (nSPS) is 14.1. The number of hydrogen-bond acceptors (Lipinski definition) is 3. The number of rotatable bonds is 3. The van der Waals surface area contributed by atoms with Crippen molar-refractivity contribution in [2.24, 2.45) is 5.73 Å². The van der Waals surface area contributed by atoms with Gasteiger partial charge < -0.3 is 14.9 Å². The molecule has 0 spiro atoms. The van der Waals surface area contributed by atoms with Crippen molar-refractivity contribution in [2.45, 2.75) is 32.4 Å². The fourth-order valence-electron chi connectivity index (χ4n) is 1.64. The number of nitrogens with two attached hydrogens (primary N) is 1. The van der Waals surface area contributed by atoms with Crippen LogP contribution < -0.4 is 5.73 Å². The van der Waals surface area contributed by atoms with E-state index in [-0.39, 0.29) is 11.6 Å². The molecular formula is C14H18ClNO2. The highest BCUT2D eigenvalue weighted by Crippen LogP contribution is 2.26. The van der Waals surface area contributed by atoms with E-state index in [2.05, 4.69) is 0 Å². The maximum Gasteiger partial charge on any atom is 0.134 e. The zero-order valence-corrected chi connectivity index (χ0v) is 11.6. The van der Waals surface area contributed by atoms with Gasteiger partial charge in [0.15, 0.2) is 0 Å². The Morgan fingerprint density at radius 2 is 2.06 bits per heavy atom. The molecule has 4 heteroatoms. The van der Waals surface area contributed by atoms with Crippen molar-refractivity contribution in [1.82, 2.24) is 0 Å². The van der Waals surface area contributed by atoms with Gasteiger partial charge in [0.25, 0.3) is 0 Å². The summed E-state index contributed by atoms with van der Waals surface area (Å²) in [6, 6.07) is 7.15. The van der Waals surface area contributed by atoms with E-state index < -0.39 is 0 Å². The molecular weight excluding hydrogens is 250 g/mol. The molecule has 1 atom stereocenters. The highest BCUT2D eigenvalue weighted by Gasteiger charge is 2.17. The average molecular weight is 268 g/mol. The first kappa shape index (κ1) is 13.4. The van der Waals surface area contributed by atoms with E-state index in [1.807, 2.05) is 39.0 Å². The molecule has 1 aromatic carbocycles. The molecule has 1 unspecified atom stereocenters. The van der Waals surface area contributed by atoms with E-state index in [1.165, 1.54) is 0 Å². The van der Waals surface area contributed by atoms with Crippen LogP contribution in [0.3, 0.4) is 0 Å². The number of hydrogen-bond donors (Lipinski definition) is 1. The Morgan fingerprint density at radius 1 is 1.33 bits per heavy atom. The summed E-state index contributed by atoms with van der Waals surface area (Å²) in [6.45, 7) is 6.42. The van der Waals surface area contributed by atoms with E-state index in [4.69, 9.17) is 26.5 Å². The molecule has 0 aliphatic rings. The molecule has 1 heterocycles. The monoisotopic (exact) mass is 267 g/mol. The molecule has 3 nitrogen and oxygen atoms in total. The second-order valence-corrected chi connectivity index (χ2v) is 5.80. The molecule has 0 radical (unpaired) electrons. The Morgan fingerprint density at radius 3 is 2.72 bits per heavy atom. The van der Waals surface area contributed by atoms with Gasteiger partial charge in [-0.2, -0.15) is 0 Å². The van der Waals surface area contributed by atoms with Crippen LogP contribution in [-0.4, -0.2) is 12.2 Å². The molecule has 0 fully saturated rings. The number of fused-ring (bicyclic) bond motifs is 1. The molecule has 0 saturated heterocycles. The van der Waals surface area contributed by atoms with E-state index >= 15 is 0 Å². The maximum absolute atomic E-state index is 6.05. The third-order valence-corrected chi connectivity index (χ3v) is 2.79. The first-order valence-electron chi connectivity index (χ1n) is 5.94. The summed E-state index contributed by atoms with van der Waals surface area (Å²) in [5.41, 5.74) is 6.64. The first-order valence-corrected chi connectivity index (χ1v) is 6.31. The van der Waals surface area contributed by atoms with Crippen molar-refractivity contribution in [2.75, 3.05) is 6.61 Å². The first-order chi connectivity index (χ1) is 8.35. The minimum atomic E-state index is -0.268. The molecule has 98 valence electrons. The van der Waals surface area contributed by atoms with Crippen LogP contribution in [0.5, 0.6) is 0 Å². The number of ether oxygens (including phenoxy) is 1. The summed E-state index contributed by atoms with van der Waals surface area (Å²) in [4.78, 5) is 0. The number of halogens is 1. The highest BCUT2D eigenvalue weighted by atomic mass is 35.5. The lowest BCUT2D eigenvalue weighted by Gasteiger charge is -2.21. The van der Waals surface area contributed by atoms with Crippen molar-refractivity contribution in [3.63, 3.8) is 0 Å². The van der Waals surface area contributed by atoms with Crippen LogP contribution in [0.25, 0.3) is 11.0 Å². The second-order valence-electron chi connectivity index (χ2n) is 5.36. The molecule has 0 saturated carbocycles. The van der Waals surface area contributed by atoms with Crippen LogP contribution in [0.15, 0.2) is 28.7 Å². The SMILES string of the molecule is CC(C)(C)OCC(N)c1cc2cc(Cl)ccc2o1. The van der Waals surface area contributed by atoms with Gasteiger partial charge in [0.1, 0.15) is 11.3 Å². The van der Waals surface area contributed by atoms with Crippen molar-refractivity contribution in [3.8, 4) is 0 Å². The highest BCUT2D eigenvalue weighted by molar-refractivity contribution is 6.31. The summed E-state index contributed by atoms with van der Waals surface area (Å²) in [5.74, 6) is 0.719. The van der Waals surface area contributed by atoms with Gasteiger partial charge in [0.05, 0.1) is 18.2 Å². The van der Waals surface area contributed by atoms with E-state index in [9.17, 15) is 0 Å².